The molecule has 0 aliphatic carbocycles. The number of hydrogen-bond acceptors (Lipinski definition) is 3. The number of fused-ring (bicyclic) bond motifs is 6. The molecule has 0 N–H and O–H groups in total. The maximum absolute atomic E-state index is 10.3. The van der Waals surface area contributed by atoms with Gasteiger partial charge < -0.3 is 9.13 Å². The Labute approximate surface area is 252 Å². The smallest absolute Gasteiger partial charge is 0.101 e. The van der Waals surface area contributed by atoms with E-state index in [1.807, 2.05) is 72.8 Å². The predicted octanol–water partition coefficient (Wildman–Crippen LogP) is 9.16. The zero-order valence-electron chi connectivity index (χ0n) is 23.4. The summed E-state index contributed by atoms with van der Waals surface area (Å²) in [6.45, 7) is 0. The number of aromatic nitrogens is 2. The first-order valence-corrected chi connectivity index (χ1v) is 14.2. The summed E-state index contributed by atoms with van der Waals surface area (Å²) in [7, 11) is 0. The Morgan fingerprint density at radius 3 is 1.57 bits per heavy atom. The van der Waals surface area contributed by atoms with Crippen molar-refractivity contribution in [3.05, 3.63) is 144 Å². The fourth-order valence-corrected chi connectivity index (χ4v) is 6.50. The van der Waals surface area contributed by atoms with Crippen LogP contribution >= 0.6 is 0 Å². The Morgan fingerprint density at radius 2 is 0.977 bits per heavy atom. The SMILES string of the molecule is N#Cc1ccc2c(c1)c1ccccc1n2-c1ccc(-c2cccc(C#N)c2-n2c3ccccc3c3cc(C#N)ccc32)cc1. The van der Waals surface area contributed by atoms with Crippen LogP contribution in [0.1, 0.15) is 16.7 Å². The molecular formula is C39H21N5. The highest BCUT2D eigenvalue weighted by Gasteiger charge is 2.19. The summed E-state index contributed by atoms with van der Waals surface area (Å²) in [5.41, 5.74) is 9.53. The molecule has 2 heterocycles. The fourth-order valence-electron chi connectivity index (χ4n) is 6.50. The number of hydrogen-bond donors (Lipinski definition) is 0. The fraction of sp³-hybridized carbons (Fsp3) is 0. The Hall–Kier alpha value is -6.61. The quantitative estimate of drug-likeness (QED) is 0.216. The number of nitrogens with zero attached hydrogens (tertiary/aromatic N) is 5. The van der Waals surface area contributed by atoms with Gasteiger partial charge in [0, 0.05) is 32.8 Å². The highest BCUT2D eigenvalue weighted by Crippen LogP contribution is 2.39. The van der Waals surface area contributed by atoms with E-state index in [0.717, 1.165) is 66.1 Å². The lowest BCUT2D eigenvalue weighted by Crippen LogP contribution is -2.01. The molecule has 0 radical (unpaired) electrons. The van der Waals surface area contributed by atoms with Crippen LogP contribution in [0.15, 0.2) is 127 Å². The molecule has 0 fully saturated rings. The summed E-state index contributed by atoms with van der Waals surface area (Å²) in [4.78, 5) is 0. The van der Waals surface area contributed by atoms with Crippen LogP contribution in [0.5, 0.6) is 0 Å². The van der Waals surface area contributed by atoms with Crippen molar-refractivity contribution in [3.8, 4) is 40.7 Å². The second kappa shape index (κ2) is 9.74. The maximum Gasteiger partial charge on any atom is 0.101 e. The van der Waals surface area contributed by atoms with E-state index in [2.05, 4.69) is 81.9 Å². The van der Waals surface area contributed by atoms with Gasteiger partial charge in [0.2, 0.25) is 0 Å². The van der Waals surface area contributed by atoms with Gasteiger partial charge in [-0.1, -0.05) is 60.7 Å². The third-order valence-corrected chi connectivity index (χ3v) is 8.42. The van der Waals surface area contributed by atoms with Crippen LogP contribution in [0.4, 0.5) is 0 Å². The summed E-state index contributed by atoms with van der Waals surface area (Å²) in [6, 6.07) is 49.1. The minimum Gasteiger partial charge on any atom is -0.309 e. The number of nitriles is 3. The Balaban J connectivity index is 1.35. The minimum atomic E-state index is 0.564. The molecule has 8 aromatic rings. The first-order chi connectivity index (χ1) is 21.7. The van der Waals surface area contributed by atoms with Crippen molar-refractivity contribution in [2.24, 2.45) is 0 Å². The summed E-state index contributed by atoms with van der Waals surface area (Å²) >= 11 is 0. The lowest BCUT2D eigenvalue weighted by atomic mass is 9.99. The molecule has 0 saturated carbocycles. The molecule has 5 heteroatoms. The van der Waals surface area contributed by atoms with Crippen molar-refractivity contribution >= 4 is 43.6 Å². The van der Waals surface area contributed by atoms with E-state index in [9.17, 15) is 15.8 Å². The average Bonchev–Trinajstić information content (AvgIpc) is 3.60. The largest absolute Gasteiger partial charge is 0.309 e. The molecule has 44 heavy (non-hydrogen) atoms. The second-order valence-electron chi connectivity index (χ2n) is 10.8. The van der Waals surface area contributed by atoms with E-state index in [-0.39, 0.29) is 0 Å². The number of benzene rings is 6. The summed E-state index contributed by atoms with van der Waals surface area (Å²) in [6.07, 6.45) is 0. The van der Waals surface area contributed by atoms with Crippen molar-refractivity contribution in [1.82, 2.24) is 9.13 Å². The van der Waals surface area contributed by atoms with Gasteiger partial charge in [0.1, 0.15) is 6.07 Å². The molecule has 0 unspecified atom stereocenters. The second-order valence-corrected chi connectivity index (χ2v) is 10.8. The van der Waals surface area contributed by atoms with Gasteiger partial charge in [-0.3, -0.25) is 0 Å². The molecule has 5 nitrogen and oxygen atoms in total. The van der Waals surface area contributed by atoms with Gasteiger partial charge in [0.05, 0.1) is 56.6 Å². The molecule has 6 aromatic carbocycles. The number of para-hydroxylation sites is 3. The van der Waals surface area contributed by atoms with E-state index < -0.39 is 0 Å². The van der Waals surface area contributed by atoms with Crippen molar-refractivity contribution in [3.63, 3.8) is 0 Å². The maximum atomic E-state index is 10.3. The molecule has 0 spiro atoms. The standard InChI is InChI=1S/C39H21N5/c40-22-25-12-18-37-33(20-25)31-7-1-3-10-35(31)43(37)29-16-14-27(15-17-29)30-9-5-6-28(24-42)39(30)44-36-11-4-2-8-32(36)34-21-26(23-41)13-19-38(34)44/h1-21H. The zero-order chi connectivity index (χ0) is 29.8. The van der Waals surface area contributed by atoms with Crippen LogP contribution in [0.2, 0.25) is 0 Å². The summed E-state index contributed by atoms with van der Waals surface area (Å²) in [5.74, 6) is 0. The van der Waals surface area contributed by atoms with Crippen LogP contribution in [0, 0.1) is 34.0 Å². The minimum absolute atomic E-state index is 0.564. The van der Waals surface area contributed by atoms with Crippen LogP contribution in [-0.2, 0) is 0 Å². The normalized spacial score (nSPS) is 11.1. The first-order valence-electron chi connectivity index (χ1n) is 14.2. The molecular weight excluding hydrogens is 538 g/mol. The molecule has 202 valence electrons. The Bertz CT molecular complexity index is 2580. The van der Waals surface area contributed by atoms with Crippen molar-refractivity contribution < 1.29 is 0 Å². The van der Waals surface area contributed by atoms with Crippen molar-refractivity contribution in [2.75, 3.05) is 0 Å². The average molecular weight is 560 g/mol. The molecule has 2 aromatic heterocycles. The predicted molar refractivity (Wildman–Crippen MR) is 175 cm³/mol. The molecule has 0 bridgehead atoms. The first kappa shape index (κ1) is 25.1. The third kappa shape index (κ3) is 3.63. The highest BCUT2D eigenvalue weighted by atomic mass is 15.0. The molecule has 8 rings (SSSR count). The van der Waals surface area contributed by atoms with Gasteiger partial charge in [0.25, 0.3) is 0 Å². The van der Waals surface area contributed by atoms with Gasteiger partial charge >= 0.3 is 0 Å². The highest BCUT2D eigenvalue weighted by molar-refractivity contribution is 6.11. The number of rotatable bonds is 3. The van der Waals surface area contributed by atoms with Crippen LogP contribution in [0.3, 0.4) is 0 Å². The van der Waals surface area contributed by atoms with Crippen molar-refractivity contribution in [2.45, 2.75) is 0 Å². The van der Waals surface area contributed by atoms with E-state index in [0.29, 0.717) is 16.7 Å². The molecule has 0 amide bonds. The molecule has 0 saturated heterocycles. The van der Waals surface area contributed by atoms with E-state index in [1.54, 1.807) is 0 Å². The van der Waals surface area contributed by atoms with Gasteiger partial charge in [-0.25, -0.2) is 0 Å². The van der Waals surface area contributed by atoms with E-state index in [4.69, 9.17) is 0 Å². The van der Waals surface area contributed by atoms with Gasteiger partial charge in [-0.05, 0) is 72.3 Å². The van der Waals surface area contributed by atoms with Gasteiger partial charge in [-0.15, -0.1) is 0 Å². The zero-order valence-corrected chi connectivity index (χ0v) is 23.4. The Kier molecular flexibility index (Phi) is 5.56. The van der Waals surface area contributed by atoms with Crippen LogP contribution < -0.4 is 0 Å². The Morgan fingerprint density at radius 1 is 0.432 bits per heavy atom. The van der Waals surface area contributed by atoms with Crippen LogP contribution in [0.25, 0.3) is 66.1 Å². The molecule has 0 atom stereocenters. The van der Waals surface area contributed by atoms with Crippen LogP contribution in [-0.4, -0.2) is 9.13 Å². The third-order valence-electron chi connectivity index (χ3n) is 8.42. The summed E-state index contributed by atoms with van der Waals surface area (Å²) < 4.78 is 4.37. The monoisotopic (exact) mass is 559 g/mol. The molecule has 0 aliphatic rings. The topological polar surface area (TPSA) is 81.2 Å². The lowest BCUT2D eigenvalue weighted by molar-refractivity contribution is 1.16. The summed E-state index contributed by atoms with van der Waals surface area (Å²) in [5, 5.41) is 33.5. The van der Waals surface area contributed by atoms with Crippen molar-refractivity contribution in [1.29, 1.82) is 15.8 Å². The van der Waals surface area contributed by atoms with E-state index >= 15 is 0 Å². The lowest BCUT2D eigenvalue weighted by Gasteiger charge is -2.16. The van der Waals surface area contributed by atoms with Gasteiger partial charge in [0.15, 0.2) is 0 Å². The van der Waals surface area contributed by atoms with Gasteiger partial charge in [-0.2, -0.15) is 15.8 Å². The van der Waals surface area contributed by atoms with E-state index in [1.165, 1.54) is 0 Å². The molecule has 0 aliphatic heterocycles.